The molecule has 4 aromatic carbocycles. The average Bonchev–Trinajstić information content (AvgIpc) is 2.76. The van der Waals surface area contributed by atoms with Crippen molar-refractivity contribution in [3.63, 3.8) is 0 Å². The van der Waals surface area contributed by atoms with E-state index in [0.29, 0.717) is 13.2 Å². The van der Waals surface area contributed by atoms with Gasteiger partial charge in [0, 0.05) is 0 Å². The Morgan fingerprint density at radius 3 is 1.48 bits per heavy atom. The molecule has 0 saturated heterocycles. The number of hydrogen-bond acceptors (Lipinski definition) is 5. The number of benzene rings is 4. The van der Waals surface area contributed by atoms with Crippen molar-refractivity contribution in [3.05, 3.63) is 72.8 Å². The second-order valence-electron chi connectivity index (χ2n) is 6.33. The molecule has 0 aromatic heterocycles. The number of hydrogen-bond donors (Lipinski definition) is 0. The number of rotatable bonds is 8. The van der Waals surface area contributed by atoms with Crippen LogP contribution in [0.2, 0.25) is 0 Å². The van der Waals surface area contributed by atoms with E-state index in [0.717, 1.165) is 11.5 Å². The maximum Gasteiger partial charge on any atom is 0.134 e. The summed E-state index contributed by atoms with van der Waals surface area (Å²) < 4.78 is 11.8. The highest BCUT2D eigenvalue weighted by Crippen LogP contribution is 2.52. The summed E-state index contributed by atoms with van der Waals surface area (Å²) in [4.78, 5) is 2.33. The van der Waals surface area contributed by atoms with Crippen LogP contribution >= 0.6 is 31.4 Å². The highest BCUT2D eigenvalue weighted by molar-refractivity contribution is 9.09. The molecule has 4 rings (SSSR count). The lowest BCUT2D eigenvalue weighted by Crippen LogP contribution is -1.94. The van der Waals surface area contributed by atoms with E-state index in [9.17, 15) is 0 Å². The van der Waals surface area contributed by atoms with Gasteiger partial charge in [0.2, 0.25) is 0 Å². The van der Waals surface area contributed by atoms with Crippen LogP contribution in [0.1, 0.15) is 13.8 Å². The van der Waals surface area contributed by atoms with Gasteiger partial charge in [0.15, 0.2) is 0 Å². The molecule has 0 aliphatic rings. The van der Waals surface area contributed by atoms with Gasteiger partial charge in [-0.2, -0.15) is 0 Å². The maximum absolute atomic E-state index is 5.91. The second kappa shape index (κ2) is 9.70. The van der Waals surface area contributed by atoms with Gasteiger partial charge in [0.25, 0.3) is 0 Å². The molecule has 0 amide bonds. The lowest BCUT2D eigenvalue weighted by atomic mass is 10.1. The third-order valence-electron chi connectivity index (χ3n) is 4.52. The van der Waals surface area contributed by atoms with Gasteiger partial charge < -0.3 is 9.47 Å². The summed E-state index contributed by atoms with van der Waals surface area (Å²) in [6, 6.07) is 25.3. The minimum atomic E-state index is 0.654. The molecule has 0 aliphatic carbocycles. The van der Waals surface area contributed by atoms with E-state index in [1.165, 1.54) is 31.3 Å². The van der Waals surface area contributed by atoms with Gasteiger partial charge >= 0.3 is 0 Å². The summed E-state index contributed by atoms with van der Waals surface area (Å²) in [6.07, 6.45) is 0. The van der Waals surface area contributed by atoms with Crippen LogP contribution in [-0.2, 0) is 0 Å². The molecule has 0 saturated carbocycles. The van der Waals surface area contributed by atoms with Crippen LogP contribution in [-0.4, -0.2) is 13.2 Å². The Kier molecular flexibility index (Phi) is 6.80. The molecule has 0 atom stereocenters. The molecule has 0 bridgehead atoms. The van der Waals surface area contributed by atoms with Crippen LogP contribution in [0.4, 0.5) is 0 Å². The topological polar surface area (TPSA) is 18.5 Å². The molecule has 0 fully saturated rings. The maximum atomic E-state index is 5.91. The largest absolute Gasteiger partial charge is 0.493 e. The van der Waals surface area contributed by atoms with Gasteiger partial charge in [0.05, 0.1) is 23.0 Å². The second-order valence-corrected chi connectivity index (χ2v) is 10.2. The van der Waals surface area contributed by atoms with Crippen LogP contribution in [0.3, 0.4) is 0 Å². The fourth-order valence-corrected chi connectivity index (χ4v) is 7.45. The Morgan fingerprint density at radius 1 is 0.586 bits per heavy atom. The summed E-state index contributed by atoms with van der Waals surface area (Å²) in [7, 11) is 5.23. The molecular formula is C24H22O2S3. The molecular weight excluding hydrogens is 416 g/mol. The molecule has 0 aliphatic heterocycles. The van der Waals surface area contributed by atoms with Gasteiger partial charge in [0.1, 0.15) is 11.5 Å². The molecule has 2 nitrogen and oxygen atoms in total. The van der Waals surface area contributed by atoms with E-state index in [4.69, 9.17) is 9.47 Å². The SMILES string of the molecule is CCOc1ccc2ccccc2c1SSSc1c(OCC)ccc2ccccc12. The lowest BCUT2D eigenvalue weighted by molar-refractivity contribution is 0.333. The highest BCUT2D eigenvalue weighted by Gasteiger charge is 2.14. The zero-order valence-electron chi connectivity index (χ0n) is 16.4. The smallest absolute Gasteiger partial charge is 0.134 e. The van der Waals surface area contributed by atoms with Gasteiger partial charge in [-0.05, 0) is 78.9 Å². The molecule has 0 heterocycles. The Morgan fingerprint density at radius 2 is 1.03 bits per heavy atom. The van der Waals surface area contributed by atoms with Crippen molar-refractivity contribution < 1.29 is 9.47 Å². The van der Waals surface area contributed by atoms with Crippen molar-refractivity contribution in [2.24, 2.45) is 0 Å². The monoisotopic (exact) mass is 438 g/mol. The predicted molar refractivity (Wildman–Crippen MR) is 130 cm³/mol. The Bertz CT molecular complexity index is 1040. The number of ether oxygens (including phenoxy) is 2. The molecule has 4 aromatic rings. The van der Waals surface area contributed by atoms with Gasteiger partial charge in [-0.15, -0.1) is 0 Å². The van der Waals surface area contributed by atoms with E-state index in [1.54, 1.807) is 31.4 Å². The summed E-state index contributed by atoms with van der Waals surface area (Å²) >= 11 is 0. The summed E-state index contributed by atoms with van der Waals surface area (Å²) in [5.74, 6) is 1.87. The molecule has 0 spiro atoms. The predicted octanol–water partition coefficient (Wildman–Crippen LogP) is 8.24. The minimum Gasteiger partial charge on any atom is -0.493 e. The molecule has 0 radical (unpaired) electrons. The molecule has 5 heteroatoms. The quantitative estimate of drug-likeness (QED) is 0.257. The minimum absolute atomic E-state index is 0.654. The van der Waals surface area contributed by atoms with E-state index in [2.05, 4.69) is 72.8 Å². The van der Waals surface area contributed by atoms with Crippen molar-refractivity contribution in [3.8, 4) is 11.5 Å². The van der Waals surface area contributed by atoms with Crippen LogP contribution in [0.15, 0.2) is 82.6 Å². The van der Waals surface area contributed by atoms with Crippen molar-refractivity contribution in [2.45, 2.75) is 23.6 Å². The summed E-state index contributed by atoms with van der Waals surface area (Å²) in [6.45, 7) is 5.36. The molecule has 29 heavy (non-hydrogen) atoms. The highest BCUT2D eigenvalue weighted by atomic mass is 33.5. The van der Waals surface area contributed by atoms with Crippen molar-refractivity contribution in [2.75, 3.05) is 13.2 Å². The average molecular weight is 439 g/mol. The first-order valence-corrected chi connectivity index (χ1v) is 13.1. The standard InChI is InChI=1S/C24H22O2S3/c1-3-25-21-15-13-17-9-5-7-11-19(17)23(21)27-29-28-24-20-12-8-6-10-18(20)14-16-22(24)26-4-2/h5-16H,3-4H2,1-2H3. The van der Waals surface area contributed by atoms with Crippen molar-refractivity contribution >= 4 is 53.0 Å². The van der Waals surface area contributed by atoms with E-state index >= 15 is 0 Å². The summed E-state index contributed by atoms with van der Waals surface area (Å²) in [5.41, 5.74) is 0. The Balaban J connectivity index is 1.64. The van der Waals surface area contributed by atoms with Gasteiger partial charge in [-0.3, -0.25) is 0 Å². The third-order valence-corrected chi connectivity index (χ3v) is 8.47. The normalized spacial score (nSPS) is 11.1. The Labute approximate surface area is 183 Å². The Hall–Kier alpha value is -1.95. The zero-order valence-corrected chi connectivity index (χ0v) is 18.8. The van der Waals surface area contributed by atoms with Crippen LogP contribution in [0.25, 0.3) is 21.5 Å². The zero-order chi connectivity index (χ0) is 20.1. The van der Waals surface area contributed by atoms with E-state index < -0.39 is 0 Å². The first-order valence-electron chi connectivity index (χ1n) is 9.62. The fraction of sp³-hybridized carbons (Fsp3) is 0.167. The fourth-order valence-electron chi connectivity index (χ4n) is 3.24. The van der Waals surface area contributed by atoms with Crippen LogP contribution in [0.5, 0.6) is 11.5 Å². The molecule has 0 N–H and O–H groups in total. The van der Waals surface area contributed by atoms with E-state index in [-0.39, 0.29) is 0 Å². The summed E-state index contributed by atoms with van der Waals surface area (Å²) in [5, 5.41) is 4.90. The van der Waals surface area contributed by atoms with Crippen molar-refractivity contribution in [1.29, 1.82) is 0 Å². The van der Waals surface area contributed by atoms with Crippen LogP contribution < -0.4 is 9.47 Å². The van der Waals surface area contributed by atoms with E-state index in [1.807, 2.05) is 13.8 Å². The molecule has 148 valence electrons. The third kappa shape index (κ3) is 4.47. The lowest BCUT2D eigenvalue weighted by Gasteiger charge is -2.14. The molecule has 0 unspecified atom stereocenters. The number of fused-ring (bicyclic) bond motifs is 2. The van der Waals surface area contributed by atoms with Gasteiger partial charge in [-0.25, -0.2) is 0 Å². The first-order chi connectivity index (χ1) is 14.3. The first kappa shape index (κ1) is 20.3. The van der Waals surface area contributed by atoms with Crippen LogP contribution in [0, 0.1) is 0 Å². The van der Waals surface area contributed by atoms with Crippen molar-refractivity contribution in [1.82, 2.24) is 0 Å². The van der Waals surface area contributed by atoms with Gasteiger partial charge in [-0.1, -0.05) is 60.7 Å².